The van der Waals surface area contributed by atoms with Crippen LogP contribution >= 0.6 is 0 Å². The predicted molar refractivity (Wildman–Crippen MR) is 68.1 cm³/mol. The van der Waals surface area contributed by atoms with Crippen LogP contribution < -0.4 is 5.32 Å². The van der Waals surface area contributed by atoms with E-state index in [1.54, 1.807) is 0 Å². The van der Waals surface area contributed by atoms with Crippen LogP contribution in [-0.4, -0.2) is 28.8 Å². The molecule has 5 nitrogen and oxygen atoms in total. The molecule has 0 aromatic carbocycles. The normalized spacial score (nSPS) is 33.5. The van der Waals surface area contributed by atoms with E-state index < -0.39 is 11.4 Å². The Morgan fingerprint density at radius 1 is 1.16 bits per heavy atom. The van der Waals surface area contributed by atoms with Crippen molar-refractivity contribution >= 4 is 17.8 Å². The van der Waals surface area contributed by atoms with Crippen molar-refractivity contribution in [2.24, 2.45) is 11.3 Å². The first-order valence-corrected chi connectivity index (χ1v) is 7.27. The van der Waals surface area contributed by atoms with Crippen LogP contribution in [-0.2, 0) is 9.59 Å². The van der Waals surface area contributed by atoms with Crippen LogP contribution in [0.1, 0.15) is 51.9 Å². The van der Waals surface area contributed by atoms with Crippen LogP contribution in [0, 0.1) is 11.3 Å². The molecule has 0 aromatic heterocycles. The molecule has 4 amide bonds. The molecular formula is C14H20N2O3. The van der Waals surface area contributed by atoms with E-state index in [2.05, 4.69) is 12.2 Å². The first kappa shape index (κ1) is 12.6. The summed E-state index contributed by atoms with van der Waals surface area (Å²) in [5.41, 5.74) is -0.893. The summed E-state index contributed by atoms with van der Waals surface area (Å²) in [6.07, 6.45) is 6.23. The minimum Gasteiger partial charge on any atom is -0.277 e. The van der Waals surface area contributed by atoms with E-state index in [0.29, 0.717) is 12.8 Å². The van der Waals surface area contributed by atoms with Gasteiger partial charge < -0.3 is 0 Å². The third kappa shape index (κ3) is 1.86. The van der Waals surface area contributed by atoms with Gasteiger partial charge in [0.1, 0.15) is 5.41 Å². The molecule has 0 bridgehead atoms. The number of barbiturate groups is 1. The van der Waals surface area contributed by atoms with Crippen LogP contribution in [0.5, 0.6) is 0 Å². The topological polar surface area (TPSA) is 66.5 Å². The minimum absolute atomic E-state index is 0.0131. The molecule has 104 valence electrons. The molecule has 5 heteroatoms. The molecule has 1 saturated heterocycles. The van der Waals surface area contributed by atoms with Crippen molar-refractivity contribution < 1.29 is 14.4 Å². The first-order valence-electron chi connectivity index (χ1n) is 7.27. The van der Waals surface area contributed by atoms with Gasteiger partial charge in [-0.15, -0.1) is 0 Å². The van der Waals surface area contributed by atoms with E-state index in [1.807, 2.05) is 0 Å². The molecule has 1 heterocycles. The Balaban J connectivity index is 1.75. The Bertz CT molecular complexity index is 434. The minimum atomic E-state index is -0.893. The number of carbonyl (C=O) groups is 3. The molecule has 1 aliphatic heterocycles. The highest BCUT2D eigenvalue weighted by atomic mass is 16.2. The van der Waals surface area contributed by atoms with Gasteiger partial charge in [-0.3, -0.25) is 19.8 Å². The van der Waals surface area contributed by atoms with E-state index >= 15 is 0 Å². The molecular weight excluding hydrogens is 244 g/mol. The van der Waals surface area contributed by atoms with Gasteiger partial charge >= 0.3 is 6.03 Å². The number of hydrogen-bond acceptors (Lipinski definition) is 3. The van der Waals surface area contributed by atoms with Gasteiger partial charge in [0.2, 0.25) is 11.8 Å². The average Bonchev–Trinajstić information content (AvgIpc) is 3.19. The maximum atomic E-state index is 12.4. The summed E-state index contributed by atoms with van der Waals surface area (Å²) < 4.78 is 0. The summed E-state index contributed by atoms with van der Waals surface area (Å²) in [5, 5.41) is 2.36. The summed E-state index contributed by atoms with van der Waals surface area (Å²) in [6, 6.07) is -0.520. The van der Waals surface area contributed by atoms with Crippen LogP contribution in [0.15, 0.2) is 0 Å². The van der Waals surface area contributed by atoms with Gasteiger partial charge in [-0.1, -0.05) is 13.3 Å². The van der Waals surface area contributed by atoms with Crippen molar-refractivity contribution in [3.63, 3.8) is 0 Å². The number of imide groups is 2. The molecule has 3 rings (SSSR count). The van der Waals surface area contributed by atoms with Gasteiger partial charge in [0.25, 0.3) is 0 Å². The van der Waals surface area contributed by atoms with Crippen molar-refractivity contribution in [2.75, 3.05) is 0 Å². The quantitative estimate of drug-likeness (QED) is 0.773. The Morgan fingerprint density at radius 2 is 1.79 bits per heavy atom. The van der Waals surface area contributed by atoms with Gasteiger partial charge in [-0.05, 0) is 44.4 Å². The Kier molecular flexibility index (Phi) is 2.87. The highest BCUT2D eigenvalue weighted by molar-refractivity contribution is 6.21. The molecule has 3 fully saturated rings. The van der Waals surface area contributed by atoms with E-state index in [4.69, 9.17) is 0 Å². The van der Waals surface area contributed by atoms with E-state index in [0.717, 1.165) is 38.0 Å². The lowest BCUT2D eigenvalue weighted by Crippen LogP contribution is -2.62. The molecule has 0 aromatic rings. The van der Waals surface area contributed by atoms with E-state index in [9.17, 15) is 14.4 Å². The molecule has 1 N–H and O–H groups in total. The maximum absolute atomic E-state index is 12.4. The molecule has 0 atom stereocenters. The average molecular weight is 264 g/mol. The lowest BCUT2D eigenvalue weighted by molar-refractivity contribution is -0.146. The molecule has 0 radical (unpaired) electrons. The predicted octanol–water partition coefficient (Wildman–Crippen LogP) is 1.81. The van der Waals surface area contributed by atoms with Crippen molar-refractivity contribution in [2.45, 2.75) is 57.9 Å². The SMILES string of the molecule is CCC1CCC(N2C(=O)NC(=O)C3(CC3)C2=O)CC1. The molecule has 2 aliphatic carbocycles. The number of nitrogens with one attached hydrogen (secondary N) is 1. The summed E-state index contributed by atoms with van der Waals surface area (Å²) in [6.45, 7) is 2.18. The lowest BCUT2D eigenvalue weighted by Gasteiger charge is -2.39. The molecule has 0 unspecified atom stereocenters. The van der Waals surface area contributed by atoms with Gasteiger partial charge in [-0.25, -0.2) is 4.79 Å². The fourth-order valence-corrected chi connectivity index (χ4v) is 3.41. The van der Waals surface area contributed by atoms with Crippen LogP contribution in [0.3, 0.4) is 0 Å². The lowest BCUT2D eigenvalue weighted by atomic mass is 9.83. The molecule has 19 heavy (non-hydrogen) atoms. The van der Waals surface area contributed by atoms with Crippen molar-refractivity contribution in [3.05, 3.63) is 0 Å². The third-order valence-corrected chi connectivity index (χ3v) is 5.01. The van der Waals surface area contributed by atoms with Gasteiger partial charge in [0.05, 0.1) is 0 Å². The van der Waals surface area contributed by atoms with Crippen LogP contribution in [0.25, 0.3) is 0 Å². The highest BCUT2D eigenvalue weighted by Crippen LogP contribution is 2.50. The zero-order chi connectivity index (χ0) is 13.6. The second-order valence-corrected chi connectivity index (χ2v) is 6.10. The van der Waals surface area contributed by atoms with Crippen LogP contribution in [0.4, 0.5) is 4.79 Å². The molecule has 1 spiro atoms. The van der Waals surface area contributed by atoms with E-state index in [-0.39, 0.29) is 17.9 Å². The standard InChI is InChI=1S/C14H20N2O3/c1-2-9-3-5-10(6-4-9)16-12(18)14(7-8-14)11(17)15-13(16)19/h9-10H,2-8H2,1H3,(H,15,17,19). The number of amides is 4. The fourth-order valence-electron chi connectivity index (χ4n) is 3.41. The van der Waals surface area contributed by atoms with E-state index in [1.165, 1.54) is 4.90 Å². The van der Waals surface area contributed by atoms with Crippen molar-refractivity contribution in [1.29, 1.82) is 0 Å². The monoisotopic (exact) mass is 264 g/mol. The maximum Gasteiger partial charge on any atom is 0.331 e. The third-order valence-electron chi connectivity index (χ3n) is 5.01. The largest absolute Gasteiger partial charge is 0.331 e. The first-order chi connectivity index (χ1) is 9.08. The Hall–Kier alpha value is -1.39. The van der Waals surface area contributed by atoms with Gasteiger partial charge in [-0.2, -0.15) is 0 Å². The van der Waals surface area contributed by atoms with Crippen LogP contribution in [0.2, 0.25) is 0 Å². The van der Waals surface area contributed by atoms with Crippen molar-refractivity contribution in [3.8, 4) is 0 Å². The zero-order valence-corrected chi connectivity index (χ0v) is 11.3. The second kappa shape index (κ2) is 4.32. The van der Waals surface area contributed by atoms with Gasteiger partial charge in [0.15, 0.2) is 0 Å². The number of nitrogens with zero attached hydrogens (tertiary/aromatic N) is 1. The molecule has 2 saturated carbocycles. The number of hydrogen-bond donors (Lipinski definition) is 1. The van der Waals surface area contributed by atoms with Gasteiger partial charge in [0, 0.05) is 6.04 Å². The smallest absolute Gasteiger partial charge is 0.277 e. The molecule has 3 aliphatic rings. The Labute approximate surface area is 112 Å². The summed E-state index contributed by atoms with van der Waals surface area (Å²) >= 11 is 0. The highest BCUT2D eigenvalue weighted by Gasteiger charge is 2.63. The summed E-state index contributed by atoms with van der Waals surface area (Å²) in [5.74, 6) is 0.0814. The van der Waals surface area contributed by atoms with Crippen molar-refractivity contribution in [1.82, 2.24) is 10.2 Å². The number of urea groups is 1. The second-order valence-electron chi connectivity index (χ2n) is 6.10. The summed E-state index contributed by atoms with van der Waals surface area (Å²) in [4.78, 5) is 37.5. The number of rotatable bonds is 2. The summed E-state index contributed by atoms with van der Waals surface area (Å²) in [7, 11) is 0. The number of carbonyl (C=O) groups excluding carboxylic acids is 3. The Morgan fingerprint density at radius 3 is 2.32 bits per heavy atom. The zero-order valence-electron chi connectivity index (χ0n) is 11.3. The fraction of sp³-hybridized carbons (Fsp3) is 0.786.